The second-order valence-electron chi connectivity index (χ2n) is 7.83. The molecule has 0 unspecified atom stereocenters. The number of carbonyl (C=O) groups excluding carboxylic acids is 1. The van der Waals surface area contributed by atoms with E-state index < -0.39 is 5.91 Å². The molecule has 1 amide bonds. The second kappa shape index (κ2) is 10.6. The van der Waals surface area contributed by atoms with Gasteiger partial charge in [-0.1, -0.05) is 36.4 Å². The van der Waals surface area contributed by atoms with E-state index in [0.29, 0.717) is 18.3 Å². The highest BCUT2D eigenvalue weighted by molar-refractivity contribution is 7.14. The molecule has 0 fully saturated rings. The smallest absolute Gasteiger partial charge is 0.268 e. The van der Waals surface area contributed by atoms with Crippen molar-refractivity contribution in [2.45, 2.75) is 20.4 Å². The average molecular weight is 469 g/mol. The summed E-state index contributed by atoms with van der Waals surface area (Å²) in [6.45, 7) is 5.13. The summed E-state index contributed by atoms with van der Waals surface area (Å²) < 4.78 is 7.85. The molecule has 0 aliphatic heterocycles. The molecule has 6 nitrogen and oxygen atoms in total. The fourth-order valence-corrected chi connectivity index (χ4v) is 4.29. The van der Waals surface area contributed by atoms with E-state index in [9.17, 15) is 10.1 Å². The zero-order valence-electron chi connectivity index (χ0n) is 19.0. The number of thiazole rings is 1. The van der Waals surface area contributed by atoms with Crippen LogP contribution in [0.5, 0.6) is 5.75 Å². The first-order valence-corrected chi connectivity index (χ1v) is 11.7. The standard InChI is InChI=1S/C27H24N4O2S/c1-19-13-20(2)15-24(14-19)33-12-11-31-10-6-9-23(31)16-22(17-28)26(32)30-27-29-25(18-34-27)21-7-4-3-5-8-21/h3-10,13-16,18H,11-12H2,1-2H3,(H,29,30,32)/b22-16-. The lowest BCUT2D eigenvalue weighted by Crippen LogP contribution is -2.14. The Morgan fingerprint density at radius 1 is 1.15 bits per heavy atom. The minimum absolute atomic E-state index is 0.00615. The van der Waals surface area contributed by atoms with Crippen LogP contribution >= 0.6 is 11.3 Å². The number of aryl methyl sites for hydroxylation is 2. The Balaban J connectivity index is 1.41. The molecule has 0 spiro atoms. The number of amides is 1. The van der Waals surface area contributed by atoms with Crippen LogP contribution in [0.25, 0.3) is 17.3 Å². The van der Waals surface area contributed by atoms with Gasteiger partial charge in [-0.3, -0.25) is 10.1 Å². The van der Waals surface area contributed by atoms with Gasteiger partial charge in [0.2, 0.25) is 0 Å². The lowest BCUT2D eigenvalue weighted by molar-refractivity contribution is -0.112. The molecule has 2 aromatic carbocycles. The lowest BCUT2D eigenvalue weighted by atomic mass is 10.1. The van der Waals surface area contributed by atoms with E-state index in [1.807, 2.05) is 90.7 Å². The van der Waals surface area contributed by atoms with Crippen molar-refractivity contribution >= 4 is 28.5 Å². The minimum atomic E-state index is -0.490. The quantitative estimate of drug-likeness (QED) is 0.260. The van der Waals surface area contributed by atoms with E-state index in [1.54, 1.807) is 6.08 Å². The minimum Gasteiger partial charge on any atom is -0.492 e. The number of aromatic nitrogens is 2. The van der Waals surface area contributed by atoms with Crippen LogP contribution in [-0.4, -0.2) is 22.1 Å². The zero-order chi connectivity index (χ0) is 23.9. The maximum absolute atomic E-state index is 12.7. The number of nitrogens with one attached hydrogen (secondary N) is 1. The molecule has 0 aliphatic carbocycles. The maximum atomic E-state index is 12.7. The van der Waals surface area contributed by atoms with Gasteiger partial charge in [-0.25, -0.2) is 4.98 Å². The fraction of sp³-hybridized carbons (Fsp3) is 0.148. The molecule has 34 heavy (non-hydrogen) atoms. The molecule has 2 heterocycles. The van der Waals surface area contributed by atoms with Gasteiger partial charge in [0.25, 0.3) is 5.91 Å². The molecule has 0 saturated carbocycles. The predicted molar refractivity (Wildman–Crippen MR) is 136 cm³/mol. The van der Waals surface area contributed by atoms with Crippen molar-refractivity contribution in [3.63, 3.8) is 0 Å². The van der Waals surface area contributed by atoms with Crippen molar-refractivity contribution in [2.75, 3.05) is 11.9 Å². The molecular formula is C27H24N4O2S. The molecule has 0 radical (unpaired) electrons. The Bertz CT molecular complexity index is 1340. The third-order valence-electron chi connectivity index (χ3n) is 5.11. The highest BCUT2D eigenvalue weighted by Gasteiger charge is 2.13. The van der Waals surface area contributed by atoms with Crippen molar-refractivity contribution in [1.82, 2.24) is 9.55 Å². The number of ether oxygens (including phenoxy) is 1. The third-order valence-corrected chi connectivity index (χ3v) is 5.87. The summed E-state index contributed by atoms with van der Waals surface area (Å²) in [5.41, 5.74) is 4.81. The molecule has 2 aromatic heterocycles. The van der Waals surface area contributed by atoms with Crippen LogP contribution in [0.1, 0.15) is 16.8 Å². The number of anilines is 1. The van der Waals surface area contributed by atoms with Gasteiger partial charge in [-0.2, -0.15) is 5.26 Å². The number of rotatable bonds is 8. The Hall–Kier alpha value is -4.15. The van der Waals surface area contributed by atoms with Crippen molar-refractivity contribution in [1.29, 1.82) is 5.26 Å². The van der Waals surface area contributed by atoms with E-state index in [1.165, 1.54) is 11.3 Å². The molecule has 1 N–H and O–H groups in total. The van der Waals surface area contributed by atoms with Gasteiger partial charge in [0.05, 0.1) is 12.2 Å². The van der Waals surface area contributed by atoms with E-state index in [0.717, 1.165) is 33.8 Å². The highest BCUT2D eigenvalue weighted by Crippen LogP contribution is 2.25. The molecule has 170 valence electrons. The monoisotopic (exact) mass is 468 g/mol. The number of nitrogens with zero attached hydrogens (tertiary/aromatic N) is 3. The fourth-order valence-electron chi connectivity index (χ4n) is 3.57. The summed E-state index contributed by atoms with van der Waals surface area (Å²) in [6.07, 6.45) is 3.48. The first kappa shape index (κ1) is 23.0. The van der Waals surface area contributed by atoms with Crippen LogP contribution in [0.4, 0.5) is 5.13 Å². The summed E-state index contributed by atoms with van der Waals surface area (Å²) in [6, 6.07) is 21.6. The summed E-state index contributed by atoms with van der Waals surface area (Å²) in [5, 5.41) is 14.7. The summed E-state index contributed by atoms with van der Waals surface area (Å²) in [5.74, 6) is 0.341. The molecule has 0 bridgehead atoms. The van der Waals surface area contributed by atoms with E-state index in [4.69, 9.17) is 4.74 Å². The molecular weight excluding hydrogens is 444 g/mol. The Morgan fingerprint density at radius 3 is 2.65 bits per heavy atom. The number of hydrogen-bond donors (Lipinski definition) is 1. The molecule has 4 aromatic rings. The largest absolute Gasteiger partial charge is 0.492 e. The lowest BCUT2D eigenvalue weighted by Gasteiger charge is -2.10. The Kier molecular flexibility index (Phi) is 7.21. The van der Waals surface area contributed by atoms with Crippen molar-refractivity contribution in [3.05, 3.63) is 94.6 Å². The Labute approximate surface area is 202 Å². The van der Waals surface area contributed by atoms with Gasteiger partial charge in [-0.05, 0) is 55.3 Å². The number of benzene rings is 2. The van der Waals surface area contributed by atoms with Gasteiger partial charge < -0.3 is 9.30 Å². The molecule has 4 rings (SSSR count). The van der Waals surface area contributed by atoms with Crippen LogP contribution < -0.4 is 10.1 Å². The van der Waals surface area contributed by atoms with Gasteiger partial charge in [0, 0.05) is 22.8 Å². The van der Waals surface area contributed by atoms with E-state index >= 15 is 0 Å². The van der Waals surface area contributed by atoms with Gasteiger partial charge >= 0.3 is 0 Å². The van der Waals surface area contributed by atoms with Gasteiger partial charge in [-0.15, -0.1) is 11.3 Å². The highest BCUT2D eigenvalue weighted by atomic mass is 32.1. The van der Waals surface area contributed by atoms with Crippen LogP contribution in [0, 0.1) is 25.2 Å². The third kappa shape index (κ3) is 5.80. The summed E-state index contributed by atoms with van der Waals surface area (Å²) in [7, 11) is 0. The number of nitriles is 1. The predicted octanol–water partition coefficient (Wildman–Crippen LogP) is 5.85. The van der Waals surface area contributed by atoms with Gasteiger partial charge in [0.15, 0.2) is 5.13 Å². The Morgan fingerprint density at radius 2 is 1.91 bits per heavy atom. The molecule has 0 atom stereocenters. The van der Waals surface area contributed by atoms with Crippen molar-refractivity contribution < 1.29 is 9.53 Å². The average Bonchev–Trinajstić information content (AvgIpc) is 3.47. The topological polar surface area (TPSA) is 79.9 Å². The SMILES string of the molecule is Cc1cc(C)cc(OCCn2cccc2/C=C(/C#N)C(=O)Nc2nc(-c3ccccc3)cs2)c1. The van der Waals surface area contributed by atoms with Crippen molar-refractivity contribution in [2.24, 2.45) is 0 Å². The molecule has 0 aliphatic rings. The van der Waals surface area contributed by atoms with Crippen LogP contribution in [0.3, 0.4) is 0 Å². The van der Waals surface area contributed by atoms with Crippen molar-refractivity contribution in [3.8, 4) is 23.1 Å². The molecule has 0 saturated heterocycles. The van der Waals surface area contributed by atoms with Crippen LogP contribution in [0.15, 0.2) is 77.8 Å². The van der Waals surface area contributed by atoms with Crippen LogP contribution in [-0.2, 0) is 11.3 Å². The normalized spacial score (nSPS) is 11.1. The van der Waals surface area contributed by atoms with Crippen LogP contribution in [0.2, 0.25) is 0 Å². The number of carbonyl (C=O) groups is 1. The second-order valence-corrected chi connectivity index (χ2v) is 8.68. The summed E-state index contributed by atoms with van der Waals surface area (Å²) in [4.78, 5) is 17.2. The molecule has 7 heteroatoms. The van der Waals surface area contributed by atoms with Gasteiger partial charge in [0.1, 0.15) is 24.0 Å². The first-order chi connectivity index (χ1) is 16.5. The van der Waals surface area contributed by atoms with E-state index in [2.05, 4.69) is 16.4 Å². The van der Waals surface area contributed by atoms with E-state index in [-0.39, 0.29) is 5.57 Å². The zero-order valence-corrected chi connectivity index (χ0v) is 19.8. The summed E-state index contributed by atoms with van der Waals surface area (Å²) >= 11 is 1.32. The number of hydrogen-bond acceptors (Lipinski definition) is 5. The first-order valence-electron chi connectivity index (χ1n) is 10.8. The maximum Gasteiger partial charge on any atom is 0.268 e.